The molecular formula is C21H38O6. The van der Waals surface area contributed by atoms with Gasteiger partial charge in [-0.05, 0) is 59.3 Å². The number of carboxylic acids is 2. The van der Waals surface area contributed by atoms with Crippen molar-refractivity contribution in [3.8, 4) is 0 Å². The summed E-state index contributed by atoms with van der Waals surface area (Å²) < 4.78 is 0. The van der Waals surface area contributed by atoms with E-state index in [4.69, 9.17) is 15.3 Å². The van der Waals surface area contributed by atoms with Crippen molar-refractivity contribution in [1.29, 1.82) is 0 Å². The second-order valence-electron chi connectivity index (χ2n) is 7.38. The van der Waals surface area contributed by atoms with Crippen LogP contribution in [0.25, 0.3) is 0 Å². The summed E-state index contributed by atoms with van der Waals surface area (Å²) in [5.41, 5.74) is -0.573. The van der Waals surface area contributed by atoms with Gasteiger partial charge in [-0.1, -0.05) is 37.8 Å². The van der Waals surface area contributed by atoms with Crippen molar-refractivity contribution in [1.82, 2.24) is 0 Å². The number of hydrogen-bond acceptors (Lipinski definition) is 4. The van der Waals surface area contributed by atoms with Crippen LogP contribution in [-0.2, 0) is 9.59 Å². The quantitative estimate of drug-likeness (QED) is 0.261. The van der Waals surface area contributed by atoms with Gasteiger partial charge in [0.05, 0.1) is 11.7 Å². The minimum absolute atomic E-state index is 0.213. The molecule has 0 aliphatic heterocycles. The number of aliphatic hydroxyl groups excluding tert-OH is 1. The fourth-order valence-corrected chi connectivity index (χ4v) is 2.24. The number of allylic oxidation sites excluding steroid dienone is 2. The van der Waals surface area contributed by atoms with E-state index < -0.39 is 17.5 Å². The van der Waals surface area contributed by atoms with Gasteiger partial charge >= 0.3 is 11.9 Å². The van der Waals surface area contributed by atoms with E-state index >= 15 is 0 Å². The molecule has 158 valence electrons. The zero-order valence-corrected chi connectivity index (χ0v) is 17.1. The third-order valence-electron chi connectivity index (χ3n) is 3.67. The predicted octanol–water partition coefficient (Wildman–Crippen LogP) is 4.31. The van der Waals surface area contributed by atoms with Crippen molar-refractivity contribution in [3.05, 3.63) is 24.3 Å². The van der Waals surface area contributed by atoms with Gasteiger partial charge in [-0.3, -0.25) is 0 Å². The molecule has 0 bridgehead atoms. The molecule has 4 N–H and O–H groups in total. The highest BCUT2D eigenvalue weighted by molar-refractivity contribution is 5.79. The third-order valence-corrected chi connectivity index (χ3v) is 3.67. The molecule has 0 rings (SSSR count). The van der Waals surface area contributed by atoms with E-state index in [0.717, 1.165) is 64.2 Å². The van der Waals surface area contributed by atoms with Gasteiger partial charge in [-0.25, -0.2) is 9.59 Å². The lowest BCUT2D eigenvalue weighted by Gasteiger charge is -2.15. The third kappa shape index (κ3) is 32.5. The second kappa shape index (κ2) is 17.7. The predicted molar refractivity (Wildman–Crippen MR) is 108 cm³/mol. The maximum Gasteiger partial charge on any atom is 0.327 e. The molecule has 0 unspecified atom stereocenters. The zero-order chi connectivity index (χ0) is 21.1. The van der Waals surface area contributed by atoms with Crippen LogP contribution in [0.15, 0.2) is 24.3 Å². The Labute approximate surface area is 163 Å². The van der Waals surface area contributed by atoms with Crippen molar-refractivity contribution in [2.75, 3.05) is 0 Å². The normalized spacial score (nSPS) is 12.8. The van der Waals surface area contributed by atoms with Crippen molar-refractivity contribution >= 4 is 11.9 Å². The van der Waals surface area contributed by atoms with Gasteiger partial charge in [0.15, 0.2) is 0 Å². The maximum absolute atomic E-state index is 10.1. The molecule has 1 atom stereocenters. The van der Waals surface area contributed by atoms with E-state index in [1.54, 1.807) is 32.9 Å². The Kier molecular flexibility index (Phi) is 18.1. The van der Waals surface area contributed by atoms with Gasteiger partial charge in [0.2, 0.25) is 0 Å². The highest BCUT2D eigenvalue weighted by Gasteiger charge is 2.10. The number of carbonyl (C=O) groups is 2. The van der Waals surface area contributed by atoms with Crippen LogP contribution >= 0.6 is 0 Å². The summed E-state index contributed by atoms with van der Waals surface area (Å²) in [5, 5.41) is 34.9. The Morgan fingerprint density at radius 3 is 1.67 bits per heavy atom. The van der Waals surface area contributed by atoms with Crippen LogP contribution in [0.5, 0.6) is 0 Å². The smallest absolute Gasteiger partial charge is 0.327 e. The van der Waals surface area contributed by atoms with Crippen LogP contribution < -0.4 is 0 Å². The van der Waals surface area contributed by atoms with Crippen LogP contribution in [0, 0.1) is 0 Å². The molecule has 0 fully saturated rings. The highest BCUT2D eigenvalue weighted by atomic mass is 16.4. The van der Waals surface area contributed by atoms with Crippen molar-refractivity contribution < 1.29 is 30.0 Å². The molecule has 0 amide bonds. The van der Waals surface area contributed by atoms with Crippen LogP contribution in [-0.4, -0.2) is 44.1 Å². The topological polar surface area (TPSA) is 115 Å². The largest absolute Gasteiger partial charge is 0.478 e. The summed E-state index contributed by atoms with van der Waals surface area (Å²) in [6, 6.07) is 0. The number of carboxylic acid groups (broad SMARTS) is 2. The van der Waals surface area contributed by atoms with Crippen molar-refractivity contribution in [2.24, 2.45) is 0 Å². The fraction of sp³-hybridized carbons (Fsp3) is 0.714. The van der Waals surface area contributed by atoms with Gasteiger partial charge < -0.3 is 20.4 Å². The maximum atomic E-state index is 10.1. The summed E-state index contributed by atoms with van der Waals surface area (Å²) in [6.45, 7) is 5.39. The van der Waals surface area contributed by atoms with Crippen LogP contribution in [0.2, 0.25) is 0 Å². The molecule has 0 aromatic carbocycles. The number of rotatable bonds is 14. The Hall–Kier alpha value is -1.66. The van der Waals surface area contributed by atoms with Gasteiger partial charge in [-0.2, -0.15) is 0 Å². The number of unbranched alkanes of at least 4 members (excludes halogenated alkanes) is 6. The molecule has 6 nitrogen and oxygen atoms in total. The minimum Gasteiger partial charge on any atom is -0.478 e. The molecule has 0 saturated heterocycles. The second-order valence-corrected chi connectivity index (χ2v) is 7.38. The number of hydrogen-bond donors (Lipinski definition) is 4. The average molecular weight is 387 g/mol. The molecule has 0 radical (unpaired) electrons. The highest BCUT2D eigenvalue weighted by Crippen LogP contribution is 2.13. The minimum atomic E-state index is -0.888. The Balaban J connectivity index is 0. The van der Waals surface area contributed by atoms with Crippen LogP contribution in [0.3, 0.4) is 0 Å². The summed E-state index contributed by atoms with van der Waals surface area (Å²) in [5.74, 6) is -1.77. The molecule has 0 spiro atoms. The first-order valence-corrected chi connectivity index (χ1v) is 9.74. The van der Waals surface area contributed by atoms with Crippen LogP contribution in [0.1, 0.15) is 85.0 Å². The van der Waals surface area contributed by atoms with E-state index in [0.29, 0.717) is 0 Å². The fourth-order valence-electron chi connectivity index (χ4n) is 2.24. The summed E-state index contributed by atoms with van der Waals surface area (Å²) in [7, 11) is 0. The Bertz CT molecular complexity index is 432. The molecule has 0 aromatic heterocycles. The molecule has 0 aliphatic carbocycles. The van der Waals surface area contributed by atoms with Gasteiger partial charge in [0, 0.05) is 12.2 Å². The standard InChI is InChI=1S/C11H20O3.C10H18O3/c1-11(2,14)9-7-5-3-4-6-8-10(12)13;1-9(11)7-5-3-2-4-6-8-10(12)13/h6,8,14H,3-5,7,9H2,1-2H3,(H,12,13);6,8-9,11H,2-5,7H2,1H3,(H,12,13)/b2*8-6+/t;9-/m.0/s1. The lowest BCUT2D eigenvalue weighted by molar-refractivity contribution is -0.132. The Morgan fingerprint density at radius 1 is 0.852 bits per heavy atom. The monoisotopic (exact) mass is 386 g/mol. The zero-order valence-electron chi connectivity index (χ0n) is 17.1. The van der Waals surface area contributed by atoms with Gasteiger partial charge in [0.25, 0.3) is 0 Å². The van der Waals surface area contributed by atoms with Gasteiger partial charge in [0.1, 0.15) is 0 Å². The van der Waals surface area contributed by atoms with Crippen LogP contribution in [0.4, 0.5) is 0 Å². The molecule has 0 aliphatic rings. The first kappa shape index (κ1) is 27.6. The Morgan fingerprint density at radius 2 is 1.30 bits per heavy atom. The molecule has 0 heterocycles. The molecule has 0 saturated carbocycles. The first-order chi connectivity index (χ1) is 12.5. The number of aliphatic carboxylic acids is 2. The van der Waals surface area contributed by atoms with E-state index in [1.807, 2.05) is 0 Å². The van der Waals surface area contributed by atoms with E-state index in [-0.39, 0.29) is 6.10 Å². The van der Waals surface area contributed by atoms with Crippen molar-refractivity contribution in [2.45, 2.75) is 96.7 Å². The lowest BCUT2D eigenvalue weighted by atomic mass is 10.0. The van der Waals surface area contributed by atoms with E-state index in [9.17, 15) is 14.7 Å². The SMILES string of the molecule is CC(C)(O)CCCCC/C=C/C(=O)O.C[C@H](O)CCCCC/C=C/C(=O)O. The molecular weight excluding hydrogens is 348 g/mol. The molecule has 6 heteroatoms. The number of aliphatic hydroxyl groups is 2. The molecule has 0 aromatic rings. The molecule has 27 heavy (non-hydrogen) atoms. The summed E-state index contributed by atoms with van der Waals surface area (Å²) in [6.07, 6.45) is 14.8. The summed E-state index contributed by atoms with van der Waals surface area (Å²) in [4.78, 5) is 20.2. The first-order valence-electron chi connectivity index (χ1n) is 9.74. The lowest BCUT2D eigenvalue weighted by Crippen LogP contribution is -2.17. The van der Waals surface area contributed by atoms with Crippen molar-refractivity contribution in [3.63, 3.8) is 0 Å². The van der Waals surface area contributed by atoms with E-state index in [1.165, 1.54) is 12.2 Å². The van der Waals surface area contributed by atoms with E-state index in [2.05, 4.69) is 0 Å². The summed E-state index contributed by atoms with van der Waals surface area (Å²) >= 11 is 0. The van der Waals surface area contributed by atoms with Gasteiger partial charge in [-0.15, -0.1) is 0 Å². The average Bonchev–Trinajstić information content (AvgIpc) is 2.52.